The Kier molecular flexibility index (Phi) is 3.17. The van der Waals surface area contributed by atoms with Crippen LogP contribution < -0.4 is 4.90 Å². The van der Waals surface area contributed by atoms with Crippen molar-refractivity contribution in [3.8, 4) is 17.1 Å². The highest BCUT2D eigenvalue weighted by atomic mass is 15.2. The monoisotopic (exact) mass is 359 g/mol. The molecule has 0 radical (unpaired) electrons. The predicted octanol–water partition coefficient (Wildman–Crippen LogP) is 6.48. The molecule has 6 rings (SSSR count). The van der Waals surface area contributed by atoms with Crippen LogP contribution in [0.4, 0.5) is 17.1 Å². The molecule has 28 heavy (non-hydrogen) atoms. The minimum Gasteiger partial charge on any atom is -0.306 e. The molecular weight excluding hydrogens is 342 g/mol. The molecule has 0 fully saturated rings. The third kappa shape index (κ3) is 2.07. The van der Waals surface area contributed by atoms with E-state index < -0.39 is 0 Å². The molecule has 1 aromatic heterocycles. The van der Waals surface area contributed by atoms with Crippen molar-refractivity contribution in [1.29, 1.82) is 0 Å². The number of nitrogens with zero attached hydrogens (tertiary/aromatic N) is 3. The second-order valence-corrected chi connectivity index (χ2v) is 6.94. The molecule has 2 heterocycles. The van der Waals surface area contributed by atoms with Crippen molar-refractivity contribution < 1.29 is 0 Å². The van der Waals surface area contributed by atoms with E-state index in [1.54, 1.807) is 0 Å². The predicted molar refractivity (Wildman–Crippen MR) is 115 cm³/mol. The Balaban J connectivity index is 1.75. The number of anilines is 3. The standard InChI is InChI=1S/C25H17N3/c1-3-10-18(11-4-1)25-26-20-14-9-17-23-24(20)28(25)22-16-8-7-15-21(22)27(23)19-12-5-2-6-13-19/h1-17H. The van der Waals surface area contributed by atoms with Crippen LogP contribution in [0.1, 0.15) is 0 Å². The molecule has 4 aromatic carbocycles. The first-order valence-electron chi connectivity index (χ1n) is 9.43. The van der Waals surface area contributed by atoms with Gasteiger partial charge in [0.15, 0.2) is 0 Å². The summed E-state index contributed by atoms with van der Waals surface area (Å²) in [5.74, 6) is 0.975. The largest absolute Gasteiger partial charge is 0.306 e. The van der Waals surface area contributed by atoms with Gasteiger partial charge in [-0.25, -0.2) is 4.98 Å². The Labute approximate surface area is 163 Å². The lowest BCUT2D eigenvalue weighted by Crippen LogP contribution is -2.18. The fourth-order valence-electron chi connectivity index (χ4n) is 4.13. The molecule has 0 aliphatic carbocycles. The molecule has 132 valence electrons. The third-order valence-corrected chi connectivity index (χ3v) is 5.31. The van der Waals surface area contributed by atoms with Crippen molar-refractivity contribution in [2.75, 3.05) is 4.90 Å². The number of aromatic nitrogens is 2. The van der Waals surface area contributed by atoms with Crippen molar-refractivity contribution in [2.45, 2.75) is 0 Å². The molecule has 3 heteroatoms. The highest BCUT2D eigenvalue weighted by Crippen LogP contribution is 2.47. The van der Waals surface area contributed by atoms with Crippen molar-refractivity contribution in [3.05, 3.63) is 103 Å². The van der Waals surface area contributed by atoms with Crippen molar-refractivity contribution in [3.63, 3.8) is 0 Å². The lowest BCUT2D eigenvalue weighted by molar-refractivity contribution is 1.06. The van der Waals surface area contributed by atoms with Crippen molar-refractivity contribution in [2.24, 2.45) is 0 Å². The zero-order valence-electron chi connectivity index (χ0n) is 15.2. The van der Waals surface area contributed by atoms with E-state index in [1.807, 2.05) is 6.07 Å². The molecule has 0 amide bonds. The normalized spacial score (nSPS) is 12.2. The zero-order chi connectivity index (χ0) is 18.5. The van der Waals surface area contributed by atoms with E-state index in [0.717, 1.165) is 45.2 Å². The Morgan fingerprint density at radius 2 is 1.18 bits per heavy atom. The van der Waals surface area contributed by atoms with Crippen molar-refractivity contribution >= 4 is 28.1 Å². The van der Waals surface area contributed by atoms with Gasteiger partial charge in [-0.2, -0.15) is 0 Å². The van der Waals surface area contributed by atoms with Gasteiger partial charge >= 0.3 is 0 Å². The molecule has 0 saturated heterocycles. The summed E-state index contributed by atoms with van der Waals surface area (Å²) in [7, 11) is 0. The smallest absolute Gasteiger partial charge is 0.145 e. The Bertz CT molecular complexity index is 1300. The van der Waals surface area contributed by atoms with Crippen LogP contribution in [0.3, 0.4) is 0 Å². The summed E-state index contributed by atoms with van der Waals surface area (Å²) in [6.45, 7) is 0. The van der Waals surface area contributed by atoms with E-state index in [-0.39, 0.29) is 0 Å². The van der Waals surface area contributed by atoms with Gasteiger partial charge in [-0.3, -0.25) is 4.57 Å². The van der Waals surface area contributed by atoms with E-state index in [1.165, 1.54) is 0 Å². The van der Waals surface area contributed by atoms with E-state index in [4.69, 9.17) is 4.98 Å². The van der Waals surface area contributed by atoms with Crippen LogP contribution in [-0.2, 0) is 0 Å². The third-order valence-electron chi connectivity index (χ3n) is 5.31. The highest BCUT2D eigenvalue weighted by Gasteiger charge is 2.28. The molecule has 0 bridgehead atoms. The van der Waals surface area contributed by atoms with Gasteiger partial charge in [0.05, 0.1) is 28.1 Å². The molecular formula is C25H17N3. The minimum atomic E-state index is 0.975. The Morgan fingerprint density at radius 1 is 0.536 bits per heavy atom. The summed E-state index contributed by atoms with van der Waals surface area (Å²) < 4.78 is 2.30. The molecule has 1 aliphatic heterocycles. The molecule has 1 aliphatic rings. The Morgan fingerprint density at radius 3 is 1.96 bits per heavy atom. The van der Waals surface area contributed by atoms with E-state index in [0.29, 0.717) is 0 Å². The van der Waals surface area contributed by atoms with Gasteiger partial charge < -0.3 is 4.90 Å². The van der Waals surface area contributed by atoms with Gasteiger partial charge in [-0.15, -0.1) is 0 Å². The van der Waals surface area contributed by atoms with E-state index >= 15 is 0 Å². The molecule has 0 atom stereocenters. The van der Waals surface area contributed by atoms with Gasteiger partial charge in [0.2, 0.25) is 0 Å². The van der Waals surface area contributed by atoms with Gasteiger partial charge in [0.1, 0.15) is 5.82 Å². The topological polar surface area (TPSA) is 21.1 Å². The van der Waals surface area contributed by atoms with Crippen LogP contribution in [0, 0.1) is 0 Å². The molecule has 0 spiro atoms. The zero-order valence-corrected chi connectivity index (χ0v) is 15.2. The average Bonchev–Trinajstić information content (AvgIpc) is 3.17. The molecule has 5 aromatic rings. The first kappa shape index (κ1) is 15.2. The summed E-state index contributed by atoms with van der Waals surface area (Å²) in [6.07, 6.45) is 0. The van der Waals surface area contributed by atoms with Crippen LogP contribution >= 0.6 is 0 Å². The first-order chi connectivity index (χ1) is 13.9. The first-order valence-corrected chi connectivity index (χ1v) is 9.43. The highest BCUT2D eigenvalue weighted by molar-refractivity contribution is 6.02. The second kappa shape index (κ2) is 5.83. The van der Waals surface area contributed by atoms with Crippen LogP contribution in [0.5, 0.6) is 0 Å². The summed E-state index contributed by atoms with van der Waals surface area (Å²) in [5.41, 5.74) is 7.87. The van der Waals surface area contributed by atoms with Crippen molar-refractivity contribution in [1.82, 2.24) is 9.55 Å². The number of imidazole rings is 1. The van der Waals surface area contributed by atoms with Gasteiger partial charge in [-0.05, 0) is 36.4 Å². The van der Waals surface area contributed by atoms with Crippen LogP contribution in [-0.4, -0.2) is 9.55 Å². The number of benzene rings is 4. The van der Waals surface area contributed by atoms with Crippen LogP contribution in [0.25, 0.3) is 28.1 Å². The number of fused-ring (bicyclic) bond motifs is 2. The van der Waals surface area contributed by atoms with Crippen LogP contribution in [0.15, 0.2) is 103 Å². The summed E-state index contributed by atoms with van der Waals surface area (Å²) in [6, 6.07) is 35.8. The quantitative estimate of drug-likeness (QED) is 0.353. The maximum Gasteiger partial charge on any atom is 0.145 e. The van der Waals surface area contributed by atoms with Gasteiger partial charge in [0.25, 0.3) is 0 Å². The molecule has 0 unspecified atom stereocenters. The molecule has 0 N–H and O–H groups in total. The number of para-hydroxylation sites is 4. The number of hydrogen-bond donors (Lipinski definition) is 0. The molecule has 3 nitrogen and oxygen atoms in total. The fraction of sp³-hybridized carbons (Fsp3) is 0. The second-order valence-electron chi connectivity index (χ2n) is 6.94. The summed E-state index contributed by atoms with van der Waals surface area (Å²) in [4.78, 5) is 7.35. The van der Waals surface area contributed by atoms with Crippen LogP contribution in [0.2, 0.25) is 0 Å². The lowest BCUT2D eigenvalue weighted by atomic mass is 10.1. The average molecular weight is 359 g/mol. The minimum absolute atomic E-state index is 0.975. The summed E-state index contributed by atoms with van der Waals surface area (Å²) >= 11 is 0. The maximum absolute atomic E-state index is 5.02. The van der Waals surface area contributed by atoms with E-state index in [9.17, 15) is 0 Å². The maximum atomic E-state index is 5.02. The molecule has 0 saturated carbocycles. The summed E-state index contributed by atoms with van der Waals surface area (Å²) in [5, 5.41) is 0. The number of rotatable bonds is 2. The lowest BCUT2D eigenvalue weighted by Gasteiger charge is -2.32. The van der Waals surface area contributed by atoms with E-state index in [2.05, 4.69) is 107 Å². The fourth-order valence-corrected chi connectivity index (χ4v) is 4.13. The van der Waals surface area contributed by atoms with Gasteiger partial charge in [0, 0.05) is 11.3 Å². The SMILES string of the molecule is c1ccc(-c2nc3cccc4c3n2-c2ccccc2N4c2ccccc2)cc1. The Hall–Kier alpha value is -3.85. The van der Waals surface area contributed by atoms with Gasteiger partial charge in [-0.1, -0.05) is 66.7 Å². The number of hydrogen-bond acceptors (Lipinski definition) is 2.